The summed E-state index contributed by atoms with van der Waals surface area (Å²) in [6, 6.07) is 0. The third kappa shape index (κ3) is 4.78. The Morgan fingerprint density at radius 2 is 1.75 bits per heavy atom. The monoisotopic (exact) mass is 335 g/mol. The summed E-state index contributed by atoms with van der Waals surface area (Å²) in [4.78, 5) is 23.3. The molecule has 7 heteroatoms. The van der Waals surface area contributed by atoms with E-state index in [2.05, 4.69) is 19.4 Å². The molecule has 3 heterocycles. The van der Waals surface area contributed by atoms with Crippen LogP contribution in [0, 0.1) is 0 Å². The van der Waals surface area contributed by atoms with Gasteiger partial charge in [0.1, 0.15) is 0 Å². The van der Waals surface area contributed by atoms with Gasteiger partial charge in [0.25, 0.3) is 0 Å². The summed E-state index contributed by atoms with van der Waals surface area (Å²) in [6.45, 7) is 12.0. The molecule has 0 spiro atoms. The van der Waals surface area contributed by atoms with Crippen LogP contribution < -0.4 is 0 Å². The van der Waals surface area contributed by atoms with Crippen LogP contribution in [0.15, 0.2) is 18.7 Å². The van der Waals surface area contributed by atoms with Crippen LogP contribution in [-0.2, 0) is 16.1 Å². The highest BCUT2D eigenvalue weighted by Crippen LogP contribution is 2.11. The lowest BCUT2D eigenvalue weighted by molar-refractivity contribution is -0.144. The molecule has 1 aromatic rings. The molecular formula is C17H29N5O2. The molecule has 0 N–H and O–H groups in total. The first-order chi connectivity index (χ1) is 11.6. The molecule has 0 saturated carbocycles. The van der Waals surface area contributed by atoms with Gasteiger partial charge in [-0.1, -0.05) is 0 Å². The largest absolute Gasteiger partial charge is 0.372 e. The number of ether oxygens (including phenoxy) is 1. The van der Waals surface area contributed by atoms with Crippen LogP contribution in [0.3, 0.4) is 0 Å². The number of morpholine rings is 1. The van der Waals surface area contributed by atoms with Crippen molar-refractivity contribution < 1.29 is 9.53 Å². The van der Waals surface area contributed by atoms with Gasteiger partial charge in [-0.15, -0.1) is 0 Å². The summed E-state index contributed by atoms with van der Waals surface area (Å²) >= 11 is 0. The maximum absolute atomic E-state index is 12.5. The molecule has 2 saturated heterocycles. The Labute approximate surface area is 144 Å². The molecule has 1 aromatic heterocycles. The first-order valence-electron chi connectivity index (χ1n) is 8.94. The Bertz CT molecular complexity index is 503. The summed E-state index contributed by atoms with van der Waals surface area (Å²) < 4.78 is 7.82. The molecule has 134 valence electrons. The second-order valence-corrected chi connectivity index (χ2v) is 6.97. The molecule has 7 nitrogen and oxygen atoms in total. The van der Waals surface area contributed by atoms with E-state index in [1.54, 1.807) is 0 Å². The van der Waals surface area contributed by atoms with Gasteiger partial charge in [-0.25, -0.2) is 4.98 Å². The van der Waals surface area contributed by atoms with Gasteiger partial charge in [0.2, 0.25) is 5.91 Å². The lowest BCUT2D eigenvalue weighted by Crippen LogP contribution is -2.54. The number of imidazole rings is 1. The fourth-order valence-electron chi connectivity index (χ4n) is 3.52. The SMILES string of the molecule is CC1CN(C(=O)CN2CCN(CCn3ccnc3)CC2)CC(C)O1. The number of amides is 1. The summed E-state index contributed by atoms with van der Waals surface area (Å²) in [5.41, 5.74) is 0. The average Bonchev–Trinajstić information content (AvgIpc) is 3.07. The van der Waals surface area contributed by atoms with E-state index in [1.165, 1.54) is 0 Å². The highest BCUT2D eigenvalue weighted by Gasteiger charge is 2.27. The fraction of sp³-hybridized carbons (Fsp3) is 0.765. The Morgan fingerprint density at radius 3 is 2.38 bits per heavy atom. The maximum atomic E-state index is 12.5. The first-order valence-corrected chi connectivity index (χ1v) is 8.94. The summed E-state index contributed by atoms with van der Waals surface area (Å²) in [7, 11) is 0. The second-order valence-electron chi connectivity index (χ2n) is 6.97. The minimum absolute atomic E-state index is 0.137. The summed E-state index contributed by atoms with van der Waals surface area (Å²) in [6.07, 6.45) is 5.95. The molecule has 24 heavy (non-hydrogen) atoms. The second kappa shape index (κ2) is 8.09. The fourth-order valence-corrected chi connectivity index (χ4v) is 3.52. The molecular weight excluding hydrogens is 306 g/mol. The van der Waals surface area contributed by atoms with Crippen LogP contribution in [0.1, 0.15) is 13.8 Å². The quantitative estimate of drug-likeness (QED) is 0.766. The van der Waals surface area contributed by atoms with Crippen LogP contribution in [0.4, 0.5) is 0 Å². The number of rotatable bonds is 5. The lowest BCUT2D eigenvalue weighted by Gasteiger charge is -2.38. The van der Waals surface area contributed by atoms with Crippen LogP contribution in [0.2, 0.25) is 0 Å². The standard InChI is InChI=1S/C17H29N5O2/c1-15-11-22(12-16(2)24-15)17(23)13-20-8-5-19(6-9-20)7-10-21-4-3-18-14-21/h3-4,14-16H,5-13H2,1-2H3. The molecule has 2 aliphatic heterocycles. The van der Waals surface area contributed by atoms with E-state index in [0.717, 1.165) is 39.3 Å². The van der Waals surface area contributed by atoms with Crippen molar-refractivity contribution in [1.29, 1.82) is 0 Å². The molecule has 2 aliphatic rings. The number of carbonyl (C=O) groups is 1. The number of nitrogens with zero attached hydrogens (tertiary/aromatic N) is 5. The third-order valence-electron chi connectivity index (χ3n) is 4.83. The topological polar surface area (TPSA) is 53.8 Å². The van der Waals surface area contributed by atoms with Crippen molar-refractivity contribution in [3.8, 4) is 0 Å². The summed E-state index contributed by atoms with van der Waals surface area (Å²) in [5.74, 6) is 0.240. The lowest BCUT2D eigenvalue weighted by atomic mass is 10.2. The smallest absolute Gasteiger partial charge is 0.236 e. The van der Waals surface area contributed by atoms with E-state index >= 15 is 0 Å². The van der Waals surface area contributed by atoms with E-state index < -0.39 is 0 Å². The van der Waals surface area contributed by atoms with E-state index in [1.807, 2.05) is 37.5 Å². The Morgan fingerprint density at radius 1 is 1.08 bits per heavy atom. The van der Waals surface area contributed by atoms with Crippen molar-refractivity contribution in [2.24, 2.45) is 0 Å². The van der Waals surface area contributed by atoms with Crippen molar-refractivity contribution >= 4 is 5.91 Å². The Kier molecular flexibility index (Phi) is 5.86. The van der Waals surface area contributed by atoms with E-state index in [4.69, 9.17) is 4.74 Å². The molecule has 2 atom stereocenters. The van der Waals surface area contributed by atoms with Crippen LogP contribution in [0.25, 0.3) is 0 Å². The normalized spacial score (nSPS) is 26.7. The number of aromatic nitrogens is 2. The summed E-state index contributed by atoms with van der Waals surface area (Å²) in [5, 5.41) is 0. The molecule has 3 rings (SSSR count). The van der Waals surface area contributed by atoms with Gasteiger partial charge >= 0.3 is 0 Å². The van der Waals surface area contributed by atoms with E-state index in [0.29, 0.717) is 19.6 Å². The van der Waals surface area contributed by atoms with Crippen molar-refractivity contribution in [3.63, 3.8) is 0 Å². The Balaban J connectivity index is 1.38. The number of hydrogen-bond acceptors (Lipinski definition) is 5. The van der Waals surface area contributed by atoms with Gasteiger partial charge in [0, 0.05) is 64.8 Å². The highest BCUT2D eigenvalue weighted by atomic mass is 16.5. The minimum atomic E-state index is 0.137. The van der Waals surface area contributed by atoms with Crippen molar-refractivity contribution in [1.82, 2.24) is 24.3 Å². The van der Waals surface area contributed by atoms with Gasteiger partial charge in [-0.05, 0) is 13.8 Å². The molecule has 0 radical (unpaired) electrons. The maximum Gasteiger partial charge on any atom is 0.236 e. The van der Waals surface area contributed by atoms with Crippen LogP contribution in [0.5, 0.6) is 0 Å². The van der Waals surface area contributed by atoms with E-state index in [-0.39, 0.29) is 18.1 Å². The van der Waals surface area contributed by atoms with Gasteiger partial charge in [-0.2, -0.15) is 0 Å². The molecule has 0 aliphatic carbocycles. The first kappa shape index (κ1) is 17.4. The number of piperazine rings is 1. The van der Waals surface area contributed by atoms with Gasteiger partial charge in [0.05, 0.1) is 25.1 Å². The molecule has 0 aromatic carbocycles. The molecule has 2 unspecified atom stereocenters. The number of carbonyl (C=O) groups excluding carboxylic acids is 1. The zero-order valence-corrected chi connectivity index (χ0v) is 14.8. The third-order valence-corrected chi connectivity index (χ3v) is 4.83. The van der Waals surface area contributed by atoms with Crippen molar-refractivity contribution in [3.05, 3.63) is 18.7 Å². The molecule has 2 fully saturated rings. The zero-order valence-electron chi connectivity index (χ0n) is 14.8. The van der Waals surface area contributed by atoms with Gasteiger partial charge in [-0.3, -0.25) is 14.6 Å². The predicted molar refractivity (Wildman–Crippen MR) is 91.7 cm³/mol. The van der Waals surface area contributed by atoms with Gasteiger partial charge < -0.3 is 14.2 Å². The zero-order chi connectivity index (χ0) is 16.9. The van der Waals surface area contributed by atoms with Crippen LogP contribution in [-0.4, -0.2) is 94.7 Å². The minimum Gasteiger partial charge on any atom is -0.372 e. The molecule has 1 amide bonds. The predicted octanol–water partition coefficient (Wildman–Crippen LogP) is 0.137. The van der Waals surface area contributed by atoms with Gasteiger partial charge in [0.15, 0.2) is 0 Å². The van der Waals surface area contributed by atoms with E-state index in [9.17, 15) is 4.79 Å². The van der Waals surface area contributed by atoms with Crippen LogP contribution >= 0.6 is 0 Å². The van der Waals surface area contributed by atoms with Crippen molar-refractivity contribution in [2.75, 3.05) is 52.4 Å². The molecule has 0 bridgehead atoms. The van der Waals surface area contributed by atoms with Crippen molar-refractivity contribution in [2.45, 2.75) is 32.6 Å². The number of hydrogen-bond donors (Lipinski definition) is 0. The highest BCUT2D eigenvalue weighted by molar-refractivity contribution is 5.78. The Hall–Kier alpha value is -1.44. The average molecular weight is 335 g/mol.